The highest BCUT2D eigenvalue weighted by molar-refractivity contribution is 5.69. The number of nitrogens with one attached hydrogen (secondary N) is 2. The Morgan fingerprint density at radius 1 is 1.25 bits per heavy atom. The first-order valence-corrected chi connectivity index (χ1v) is 4.93. The summed E-state index contributed by atoms with van der Waals surface area (Å²) < 4.78 is 0. The first kappa shape index (κ1) is 18.0. The lowest BCUT2D eigenvalue weighted by Crippen LogP contribution is -3.00. The zero-order valence-electron chi connectivity index (χ0n) is 9.21. The number of para-hydroxylation sites is 2. The lowest BCUT2D eigenvalue weighted by molar-refractivity contribution is -0.344. The molecule has 3 N–H and O–H groups in total. The fraction of sp³-hybridized carbons (Fsp3) is 0.364. The number of aliphatic hydroxyl groups is 1. The minimum atomic E-state index is 0. The number of halogens is 2. The van der Waals surface area contributed by atoms with Gasteiger partial charge in [-0.25, -0.2) is 9.97 Å². The van der Waals surface area contributed by atoms with Crippen molar-refractivity contribution in [1.29, 1.82) is 0 Å². The second-order valence-electron chi connectivity index (χ2n) is 3.06. The molecule has 0 unspecified atom stereocenters. The fourth-order valence-corrected chi connectivity index (χ4v) is 1.08. The molecular weight excluding hydrogens is 336 g/mol. The number of aliphatic hydroxyl groups excluding tert-OH is 1. The summed E-state index contributed by atoms with van der Waals surface area (Å²) in [5, 5.41) is 8.07. The molecule has 1 heterocycles. The van der Waals surface area contributed by atoms with Crippen molar-refractivity contribution in [2.45, 2.75) is 19.8 Å². The first-order chi connectivity index (χ1) is 6.88. The van der Waals surface area contributed by atoms with Crippen LogP contribution in [0.4, 0.5) is 0 Å². The van der Waals surface area contributed by atoms with Crippen molar-refractivity contribution < 1.29 is 44.1 Å². The molecule has 1 aromatic carbocycles. The van der Waals surface area contributed by atoms with E-state index in [1.165, 1.54) is 0 Å². The molecule has 5 heteroatoms. The van der Waals surface area contributed by atoms with E-state index in [1.54, 1.807) is 0 Å². The Morgan fingerprint density at radius 3 is 2.44 bits per heavy atom. The van der Waals surface area contributed by atoms with E-state index in [2.05, 4.69) is 16.9 Å². The van der Waals surface area contributed by atoms with Crippen LogP contribution >= 0.6 is 0 Å². The van der Waals surface area contributed by atoms with Crippen molar-refractivity contribution in [1.82, 2.24) is 4.98 Å². The van der Waals surface area contributed by atoms with Crippen molar-refractivity contribution in [2.75, 3.05) is 6.61 Å². The number of aromatic amines is 2. The van der Waals surface area contributed by atoms with Crippen molar-refractivity contribution in [3.8, 4) is 0 Å². The summed E-state index contributed by atoms with van der Waals surface area (Å²) in [5.74, 6) is 0. The van der Waals surface area contributed by atoms with Gasteiger partial charge in [0.25, 0.3) is 0 Å². The second kappa shape index (κ2) is 11.1. The summed E-state index contributed by atoms with van der Waals surface area (Å²) in [4.78, 5) is 6.13. The van der Waals surface area contributed by atoms with Gasteiger partial charge in [0.2, 0.25) is 6.33 Å². The van der Waals surface area contributed by atoms with Crippen LogP contribution in [0.1, 0.15) is 19.8 Å². The zero-order valence-corrected chi connectivity index (χ0v) is 12.4. The second-order valence-corrected chi connectivity index (χ2v) is 3.06. The highest BCUT2D eigenvalue weighted by Gasteiger charge is 1.95. The number of hydrogen-bond donors (Lipinski definition) is 2. The van der Waals surface area contributed by atoms with Crippen LogP contribution in [0, 0.1) is 0 Å². The summed E-state index contributed by atoms with van der Waals surface area (Å²) in [5.41, 5.74) is 2.30. The smallest absolute Gasteiger partial charge is 0.240 e. The third-order valence-corrected chi connectivity index (χ3v) is 1.89. The number of unbranched alkanes of at least 4 members (excludes halogenated alkanes) is 1. The third kappa shape index (κ3) is 6.25. The Morgan fingerprint density at radius 2 is 1.94 bits per heavy atom. The molecule has 0 aliphatic heterocycles. The number of imidazole rings is 1. The number of aromatic nitrogens is 2. The average Bonchev–Trinajstić information content (AvgIpc) is 2.67. The summed E-state index contributed by atoms with van der Waals surface area (Å²) in [6.07, 6.45) is 3.86. The molecule has 0 aliphatic carbocycles. The molecular formula is C11H17Br2N2O-. The highest BCUT2D eigenvalue weighted by atomic mass is 79.9. The van der Waals surface area contributed by atoms with Crippen LogP contribution in [0.3, 0.4) is 0 Å². The summed E-state index contributed by atoms with van der Waals surface area (Å²) in [6, 6.07) is 8.08. The van der Waals surface area contributed by atoms with Gasteiger partial charge in [-0.2, -0.15) is 0 Å². The van der Waals surface area contributed by atoms with Crippen LogP contribution in [0.25, 0.3) is 11.0 Å². The Hall–Kier alpha value is -0.390. The predicted molar refractivity (Wildman–Crippen MR) is 56.8 cm³/mol. The molecule has 0 atom stereocenters. The quantitative estimate of drug-likeness (QED) is 0.565. The van der Waals surface area contributed by atoms with Crippen molar-refractivity contribution >= 4 is 11.0 Å². The number of fused-ring (bicyclic) bond motifs is 1. The maximum atomic E-state index is 8.07. The molecule has 0 spiro atoms. The van der Waals surface area contributed by atoms with E-state index in [0.29, 0.717) is 6.61 Å². The molecule has 0 radical (unpaired) electrons. The van der Waals surface area contributed by atoms with E-state index in [-0.39, 0.29) is 34.0 Å². The predicted octanol–water partition coefficient (Wildman–Crippen LogP) is -4.23. The Kier molecular flexibility index (Phi) is 12.5. The SMILES string of the molecule is CCCCO.[Br-].[Br-].c1ccc2[nH+]c[nH]c2c1. The monoisotopic (exact) mass is 351 g/mol. The first-order valence-electron chi connectivity index (χ1n) is 4.93. The Balaban J connectivity index is 0. The van der Waals surface area contributed by atoms with Crippen LogP contribution in [0.15, 0.2) is 30.6 Å². The zero-order chi connectivity index (χ0) is 10.2. The maximum absolute atomic E-state index is 8.07. The molecule has 2 rings (SSSR count). The number of H-pyrrole nitrogens is 2. The number of hydrogen-bond acceptors (Lipinski definition) is 1. The normalized spacial score (nSPS) is 8.38. The maximum Gasteiger partial charge on any atom is 0.240 e. The summed E-state index contributed by atoms with van der Waals surface area (Å²) in [6.45, 7) is 2.40. The largest absolute Gasteiger partial charge is 1.00 e. The minimum absolute atomic E-state index is 0. The van der Waals surface area contributed by atoms with Crippen LogP contribution in [-0.2, 0) is 0 Å². The van der Waals surface area contributed by atoms with Crippen LogP contribution < -0.4 is 38.9 Å². The van der Waals surface area contributed by atoms with Gasteiger partial charge in [0.05, 0.1) is 0 Å². The molecule has 0 fully saturated rings. The van der Waals surface area contributed by atoms with E-state index in [0.717, 1.165) is 23.9 Å². The lowest BCUT2D eigenvalue weighted by atomic mass is 10.3. The minimum Gasteiger partial charge on any atom is -1.00 e. The number of benzene rings is 1. The van der Waals surface area contributed by atoms with Gasteiger partial charge in [-0.1, -0.05) is 25.5 Å². The molecule has 0 amide bonds. The molecule has 3 nitrogen and oxygen atoms in total. The van der Waals surface area contributed by atoms with Gasteiger partial charge in [0.1, 0.15) is 0 Å². The summed E-state index contributed by atoms with van der Waals surface area (Å²) in [7, 11) is 0. The van der Waals surface area contributed by atoms with Crippen molar-refractivity contribution in [3.63, 3.8) is 0 Å². The molecule has 92 valence electrons. The van der Waals surface area contributed by atoms with Gasteiger partial charge in [0.15, 0.2) is 11.0 Å². The van der Waals surface area contributed by atoms with E-state index >= 15 is 0 Å². The number of rotatable bonds is 2. The Labute approximate surface area is 117 Å². The van der Waals surface area contributed by atoms with Crippen molar-refractivity contribution in [2.24, 2.45) is 0 Å². The van der Waals surface area contributed by atoms with Gasteiger partial charge < -0.3 is 39.1 Å². The molecule has 2 aromatic rings. The average molecular weight is 353 g/mol. The van der Waals surface area contributed by atoms with E-state index in [9.17, 15) is 0 Å². The molecule has 16 heavy (non-hydrogen) atoms. The van der Waals surface area contributed by atoms with E-state index in [1.807, 2.05) is 30.6 Å². The van der Waals surface area contributed by atoms with Crippen LogP contribution in [-0.4, -0.2) is 16.7 Å². The van der Waals surface area contributed by atoms with Crippen LogP contribution in [0.2, 0.25) is 0 Å². The fourth-order valence-electron chi connectivity index (χ4n) is 1.08. The standard InChI is InChI=1S/C7H6N2.C4H10O.2BrH/c1-2-4-7-6(3-1)8-5-9-7;1-2-3-4-5;;/h1-5H,(H,8,9);5H,2-4H2,1H3;2*1H/p-1. The molecule has 1 aromatic heterocycles. The van der Waals surface area contributed by atoms with Gasteiger partial charge >= 0.3 is 0 Å². The molecule has 0 saturated carbocycles. The molecule has 0 aliphatic rings. The third-order valence-electron chi connectivity index (χ3n) is 1.89. The molecule has 0 saturated heterocycles. The van der Waals surface area contributed by atoms with Gasteiger partial charge in [-0.3, -0.25) is 0 Å². The van der Waals surface area contributed by atoms with Gasteiger partial charge in [-0.15, -0.1) is 0 Å². The topological polar surface area (TPSA) is 50.2 Å². The Bertz CT molecular complexity index is 333. The van der Waals surface area contributed by atoms with Crippen molar-refractivity contribution in [3.05, 3.63) is 30.6 Å². The summed E-state index contributed by atoms with van der Waals surface area (Å²) >= 11 is 0. The van der Waals surface area contributed by atoms with Crippen LogP contribution in [0.5, 0.6) is 0 Å². The lowest BCUT2D eigenvalue weighted by Gasteiger charge is -1.79. The van der Waals surface area contributed by atoms with E-state index in [4.69, 9.17) is 5.11 Å². The van der Waals surface area contributed by atoms with Gasteiger partial charge in [0, 0.05) is 6.61 Å². The van der Waals surface area contributed by atoms with Gasteiger partial charge in [-0.05, 0) is 18.6 Å². The highest BCUT2D eigenvalue weighted by Crippen LogP contribution is 2.01. The molecule has 0 bridgehead atoms. The van der Waals surface area contributed by atoms with E-state index < -0.39 is 0 Å².